The number of rotatable bonds is 2. The van der Waals surface area contributed by atoms with Crippen molar-refractivity contribution in [2.75, 3.05) is 26.2 Å². The Kier molecular flexibility index (Phi) is 4.61. The van der Waals surface area contributed by atoms with E-state index >= 15 is 0 Å². The molecule has 2 amide bonds. The molecular formula is C20H16F2N2O2S. The third-order valence-electron chi connectivity index (χ3n) is 4.66. The van der Waals surface area contributed by atoms with Gasteiger partial charge in [-0.15, -0.1) is 11.3 Å². The molecule has 0 radical (unpaired) electrons. The van der Waals surface area contributed by atoms with Crippen LogP contribution in [0.2, 0.25) is 0 Å². The normalized spacial score (nSPS) is 14.6. The Hall–Kier alpha value is -2.80. The van der Waals surface area contributed by atoms with Gasteiger partial charge in [-0.2, -0.15) is 0 Å². The van der Waals surface area contributed by atoms with E-state index in [-0.39, 0.29) is 17.4 Å². The molecule has 0 N–H and O–H groups in total. The monoisotopic (exact) mass is 386 g/mol. The predicted octanol–water partition coefficient (Wildman–Crippen LogP) is 3.78. The van der Waals surface area contributed by atoms with E-state index in [0.717, 1.165) is 22.2 Å². The van der Waals surface area contributed by atoms with Gasteiger partial charge in [-0.1, -0.05) is 18.2 Å². The maximum Gasteiger partial charge on any atom is 0.264 e. The second-order valence-corrected chi connectivity index (χ2v) is 7.45. The van der Waals surface area contributed by atoms with Crippen LogP contribution in [0.4, 0.5) is 8.78 Å². The lowest BCUT2D eigenvalue weighted by Gasteiger charge is -2.34. The van der Waals surface area contributed by atoms with Crippen LogP contribution in [0, 0.1) is 11.6 Å². The van der Waals surface area contributed by atoms with Gasteiger partial charge in [0.1, 0.15) is 0 Å². The van der Waals surface area contributed by atoms with Crippen molar-refractivity contribution in [3.8, 4) is 0 Å². The van der Waals surface area contributed by atoms with Crippen molar-refractivity contribution in [2.24, 2.45) is 0 Å². The topological polar surface area (TPSA) is 40.6 Å². The average Bonchev–Trinajstić information content (AvgIpc) is 3.13. The van der Waals surface area contributed by atoms with Crippen LogP contribution in [-0.4, -0.2) is 47.8 Å². The summed E-state index contributed by atoms with van der Waals surface area (Å²) in [6.07, 6.45) is 0. The molecule has 0 saturated carbocycles. The fraction of sp³-hybridized carbons (Fsp3) is 0.200. The minimum atomic E-state index is -1.04. The smallest absolute Gasteiger partial charge is 0.264 e. The van der Waals surface area contributed by atoms with E-state index in [1.165, 1.54) is 17.4 Å². The summed E-state index contributed by atoms with van der Waals surface area (Å²) < 4.78 is 27.5. The number of hydrogen-bond donors (Lipinski definition) is 0. The van der Waals surface area contributed by atoms with Crippen LogP contribution < -0.4 is 0 Å². The molecule has 3 aromatic rings. The number of thiophene rings is 1. The number of benzene rings is 2. The first-order chi connectivity index (χ1) is 13.0. The van der Waals surface area contributed by atoms with Crippen molar-refractivity contribution >= 4 is 33.2 Å². The van der Waals surface area contributed by atoms with Gasteiger partial charge in [-0.3, -0.25) is 9.59 Å². The zero-order valence-corrected chi connectivity index (χ0v) is 15.1. The highest BCUT2D eigenvalue weighted by Crippen LogP contribution is 2.26. The molecule has 138 valence electrons. The summed E-state index contributed by atoms with van der Waals surface area (Å²) >= 11 is 1.46. The summed E-state index contributed by atoms with van der Waals surface area (Å²) in [6.45, 7) is 1.52. The molecule has 0 aliphatic carbocycles. The van der Waals surface area contributed by atoms with Gasteiger partial charge in [0.05, 0.1) is 4.88 Å². The molecule has 2 aromatic carbocycles. The number of hydrogen-bond acceptors (Lipinski definition) is 3. The molecule has 1 aromatic heterocycles. The largest absolute Gasteiger partial charge is 0.335 e. The molecule has 1 aliphatic rings. The third kappa shape index (κ3) is 3.42. The Morgan fingerprint density at radius 2 is 1.48 bits per heavy atom. The van der Waals surface area contributed by atoms with E-state index < -0.39 is 11.6 Å². The summed E-state index contributed by atoms with van der Waals surface area (Å²) in [5.74, 6) is -2.43. The summed E-state index contributed by atoms with van der Waals surface area (Å²) in [6, 6.07) is 12.9. The first-order valence-electron chi connectivity index (χ1n) is 8.55. The van der Waals surface area contributed by atoms with Gasteiger partial charge in [0.2, 0.25) is 0 Å². The fourth-order valence-electron chi connectivity index (χ4n) is 3.17. The number of amides is 2. The summed E-state index contributed by atoms with van der Waals surface area (Å²) in [5.41, 5.74) is 0.109. The number of piperazine rings is 1. The molecule has 4 nitrogen and oxygen atoms in total. The van der Waals surface area contributed by atoms with E-state index in [2.05, 4.69) is 0 Å². The van der Waals surface area contributed by atoms with Crippen LogP contribution in [0.25, 0.3) is 10.1 Å². The molecule has 0 bridgehead atoms. The van der Waals surface area contributed by atoms with Crippen molar-refractivity contribution in [2.45, 2.75) is 0 Å². The molecule has 0 atom stereocenters. The van der Waals surface area contributed by atoms with E-state index in [0.29, 0.717) is 31.1 Å². The molecule has 1 saturated heterocycles. The molecule has 7 heteroatoms. The summed E-state index contributed by atoms with van der Waals surface area (Å²) in [7, 11) is 0. The number of fused-ring (bicyclic) bond motifs is 1. The van der Waals surface area contributed by atoms with Crippen LogP contribution in [0.1, 0.15) is 20.0 Å². The highest BCUT2D eigenvalue weighted by atomic mass is 32.1. The van der Waals surface area contributed by atoms with E-state index in [4.69, 9.17) is 0 Å². The van der Waals surface area contributed by atoms with Gasteiger partial charge in [0, 0.05) is 36.4 Å². The zero-order valence-electron chi connectivity index (χ0n) is 14.3. The highest BCUT2D eigenvalue weighted by Gasteiger charge is 2.26. The van der Waals surface area contributed by atoms with Gasteiger partial charge in [-0.05, 0) is 35.7 Å². The number of carbonyl (C=O) groups excluding carboxylic acids is 2. The number of carbonyl (C=O) groups is 2. The van der Waals surface area contributed by atoms with Crippen LogP contribution >= 0.6 is 11.3 Å². The summed E-state index contributed by atoms with van der Waals surface area (Å²) in [5, 5.41) is 1.04. The number of halogens is 2. The van der Waals surface area contributed by atoms with Crippen molar-refractivity contribution in [3.63, 3.8) is 0 Å². The SMILES string of the molecule is O=C(c1ccc(F)c(F)c1)N1CCN(C(=O)c2cc3ccccc3s2)CC1. The first kappa shape index (κ1) is 17.6. The van der Waals surface area contributed by atoms with E-state index in [9.17, 15) is 18.4 Å². The third-order valence-corrected chi connectivity index (χ3v) is 5.76. The van der Waals surface area contributed by atoms with Gasteiger partial charge >= 0.3 is 0 Å². The van der Waals surface area contributed by atoms with E-state index in [1.54, 1.807) is 9.80 Å². The second kappa shape index (κ2) is 7.08. The minimum Gasteiger partial charge on any atom is -0.335 e. The zero-order chi connectivity index (χ0) is 19.0. The van der Waals surface area contributed by atoms with Crippen LogP contribution in [0.5, 0.6) is 0 Å². The number of nitrogens with zero attached hydrogens (tertiary/aromatic N) is 2. The van der Waals surface area contributed by atoms with Crippen molar-refractivity contribution in [1.82, 2.24) is 9.80 Å². The lowest BCUT2D eigenvalue weighted by molar-refractivity contribution is 0.0538. The van der Waals surface area contributed by atoms with Crippen LogP contribution in [0.3, 0.4) is 0 Å². The Labute approximate surface area is 158 Å². The van der Waals surface area contributed by atoms with Crippen molar-refractivity contribution < 1.29 is 18.4 Å². The molecule has 1 fully saturated rings. The quantitative estimate of drug-likeness (QED) is 0.673. The minimum absolute atomic E-state index is 0.0453. The van der Waals surface area contributed by atoms with Crippen LogP contribution in [0.15, 0.2) is 48.5 Å². The van der Waals surface area contributed by atoms with E-state index in [1.807, 2.05) is 30.3 Å². The lowest BCUT2D eigenvalue weighted by Crippen LogP contribution is -2.50. The Balaban J connectivity index is 1.42. The summed E-state index contributed by atoms with van der Waals surface area (Å²) in [4.78, 5) is 29.2. The molecule has 1 aliphatic heterocycles. The highest BCUT2D eigenvalue weighted by molar-refractivity contribution is 7.20. The Bertz CT molecular complexity index is 993. The molecule has 0 unspecified atom stereocenters. The van der Waals surface area contributed by atoms with Crippen LogP contribution in [-0.2, 0) is 0 Å². The molecule has 0 spiro atoms. The average molecular weight is 386 g/mol. The lowest BCUT2D eigenvalue weighted by atomic mass is 10.1. The van der Waals surface area contributed by atoms with Gasteiger partial charge in [-0.25, -0.2) is 8.78 Å². The maximum atomic E-state index is 13.4. The van der Waals surface area contributed by atoms with Crippen molar-refractivity contribution in [1.29, 1.82) is 0 Å². The van der Waals surface area contributed by atoms with Gasteiger partial charge < -0.3 is 9.80 Å². The predicted molar refractivity (Wildman–Crippen MR) is 100.0 cm³/mol. The second-order valence-electron chi connectivity index (χ2n) is 6.36. The van der Waals surface area contributed by atoms with Crippen molar-refractivity contribution in [3.05, 3.63) is 70.6 Å². The standard InChI is InChI=1S/C20H16F2N2O2S/c21-15-6-5-14(11-16(15)22)19(25)23-7-9-24(10-8-23)20(26)18-12-13-3-1-2-4-17(13)27-18/h1-6,11-12H,7-10H2. The van der Waals surface area contributed by atoms with Gasteiger partial charge in [0.15, 0.2) is 11.6 Å². The molecule has 27 heavy (non-hydrogen) atoms. The Morgan fingerprint density at radius 3 is 2.15 bits per heavy atom. The molecule has 4 rings (SSSR count). The van der Waals surface area contributed by atoms with Gasteiger partial charge in [0.25, 0.3) is 11.8 Å². The fourth-order valence-corrected chi connectivity index (χ4v) is 4.20. The maximum absolute atomic E-state index is 13.4. The molecule has 2 heterocycles. The molecular weight excluding hydrogens is 370 g/mol. The Morgan fingerprint density at radius 1 is 0.815 bits per heavy atom. The first-order valence-corrected chi connectivity index (χ1v) is 9.37.